The molecule has 1 unspecified atom stereocenters. The summed E-state index contributed by atoms with van der Waals surface area (Å²) in [6.45, 7) is 1.93. The Morgan fingerprint density at radius 1 is 1.29 bits per heavy atom. The molecule has 2 aromatic carbocycles. The van der Waals surface area contributed by atoms with Gasteiger partial charge < -0.3 is 9.29 Å². The number of hydrogen-bond acceptors (Lipinski definition) is 5. The van der Waals surface area contributed by atoms with E-state index in [-0.39, 0.29) is 0 Å². The van der Waals surface area contributed by atoms with Gasteiger partial charge in [0.25, 0.3) is 0 Å². The van der Waals surface area contributed by atoms with Gasteiger partial charge in [0, 0.05) is 10.9 Å². The number of carbonyl (C=O) groups excluding carboxylic acids is 1. The molecule has 0 saturated carbocycles. The van der Waals surface area contributed by atoms with Gasteiger partial charge in [-0.3, -0.25) is 0 Å². The Kier molecular flexibility index (Phi) is 5.01. The first kappa shape index (κ1) is 17.1. The second-order valence-corrected chi connectivity index (χ2v) is 7.91. The second-order valence-electron chi connectivity index (χ2n) is 5.07. The van der Waals surface area contributed by atoms with Crippen LogP contribution in [0.4, 0.5) is 5.69 Å². The van der Waals surface area contributed by atoms with Gasteiger partial charge >= 0.3 is 5.97 Å². The second kappa shape index (κ2) is 7.03. The van der Waals surface area contributed by atoms with Crippen molar-refractivity contribution >= 4 is 56.0 Å². The third kappa shape index (κ3) is 3.23. The highest BCUT2D eigenvalue weighted by molar-refractivity contribution is 7.94. The molecule has 24 heavy (non-hydrogen) atoms. The summed E-state index contributed by atoms with van der Waals surface area (Å²) in [6, 6.07) is 12.4. The first-order valence-corrected chi connectivity index (χ1v) is 9.40. The van der Waals surface area contributed by atoms with E-state index >= 15 is 0 Å². The van der Waals surface area contributed by atoms with Crippen LogP contribution in [0, 0.1) is 6.92 Å². The van der Waals surface area contributed by atoms with Crippen molar-refractivity contribution in [1.29, 1.82) is 0 Å². The molecule has 3 aromatic rings. The monoisotopic (exact) mass is 379 g/mol. The Bertz CT molecular complexity index is 910. The van der Waals surface area contributed by atoms with E-state index in [1.807, 2.05) is 25.1 Å². The van der Waals surface area contributed by atoms with Crippen molar-refractivity contribution < 1.29 is 14.1 Å². The minimum absolute atomic E-state index is 0.399. The molecule has 7 heteroatoms. The minimum Gasteiger partial charge on any atom is -0.587 e. The molecule has 0 aliphatic carbocycles. The maximum absolute atomic E-state index is 12.7. The number of benzene rings is 2. The van der Waals surface area contributed by atoms with Gasteiger partial charge in [0.2, 0.25) is 4.21 Å². The van der Waals surface area contributed by atoms with Crippen molar-refractivity contribution in [3.63, 3.8) is 0 Å². The summed E-state index contributed by atoms with van der Waals surface area (Å²) in [6.07, 6.45) is 0. The zero-order valence-electron chi connectivity index (χ0n) is 13.0. The van der Waals surface area contributed by atoms with E-state index in [1.54, 1.807) is 24.3 Å². The highest BCUT2D eigenvalue weighted by atomic mass is 35.5. The number of rotatable bonds is 4. The van der Waals surface area contributed by atoms with Crippen LogP contribution in [0.3, 0.4) is 0 Å². The summed E-state index contributed by atoms with van der Waals surface area (Å²) in [5, 5.41) is 1.65. The lowest BCUT2D eigenvalue weighted by Crippen LogP contribution is -2.13. The number of halogens is 1. The standard InChI is InChI=1S/C17H14ClNO3S2/c1-10-13-7-4-8-14(18)15(13)23-17(10)24(21)19-12-6-3-5-11(9-12)16(20)22-2/h3-9,19H,1-2H3. The van der Waals surface area contributed by atoms with E-state index in [0.29, 0.717) is 20.5 Å². The predicted octanol–water partition coefficient (Wildman–Crippen LogP) is 4.78. The number of carbonyl (C=O) groups is 1. The van der Waals surface area contributed by atoms with Gasteiger partial charge in [-0.15, -0.1) is 0 Å². The van der Waals surface area contributed by atoms with Crippen LogP contribution in [0.5, 0.6) is 0 Å². The molecule has 4 nitrogen and oxygen atoms in total. The van der Waals surface area contributed by atoms with Crippen LogP contribution >= 0.6 is 22.9 Å². The molecular weight excluding hydrogens is 366 g/mol. The lowest BCUT2D eigenvalue weighted by Gasteiger charge is -2.11. The Morgan fingerprint density at radius 3 is 2.75 bits per heavy atom. The molecule has 0 saturated heterocycles. The quantitative estimate of drug-likeness (QED) is 0.523. The number of thiophene rings is 1. The summed E-state index contributed by atoms with van der Waals surface area (Å²) in [5.74, 6) is -0.436. The summed E-state index contributed by atoms with van der Waals surface area (Å²) >= 11 is 6.17. The third-order valence-corrected chi connectivity index (χ3v) is 6.87. The number of fused-ring (bicyclic) bond motifs is 1. The van der Waals surface area contributed by atoms with E-state index in [9.17, 15) is 9.35 Å². The number of anilines is 1. The number of aryl methyl sites for hydroxylation is 1. The van der Waals surface area contributed by atoms with Crippen molar-refractivity contribution in [3.05, 3.63) is 58.6 Å². The summed E-state index contributed by atoms with van der Waals surface area (Å²) in [4.78, 5) is 11.6. The molecule has 124 valence electrons. The van der Waals surface area contributed by atoms with Crippen molar-refractivity contribution in [2.24, 2.45) is 0 Å². The largest absolute Gasteiger partial charge is 0.587 e. The summed E-state index contributed by atoms with van der Waals surface area (Å²) in [7, 11) is 1.32. The molecule has 0 aliphatic heterocycles. The van der Waals surface area contributed by atoms with E-state index in [0.717, 1.165) is 15.6 Å². The van der Waals surface area contributed by atoms with Crippen LogP contribution in [0.15, 0.2) is 46.7 Å². The fourth-order valence-corrected chi connectivity index (χ4v) is 5.08. The predicted molar refractivity (Wildman–Crippen MR) is 99.4 cm³/mol. The molecule has 0 spiro atoms. The number of hydrogen-bond donors (Lipinski definition) is 1. The van der Waals surface area contributed by atoms with E-state index < -0.39 is 17.3 Å². The topological polar surface area (TPSA) is 61.4 Å². The fourth-order valence-electron chi connectivity index (χ4n) is 2.34. The molecule has 1 heterocycles. The van der Waals surface area contributed by atoms with Gasteiger partial charge in [-0.05, 0) is 31.2 Å². The lowest BCUT2D eigenvalue weighted by atomic mass is 10.2. The maximum Gasteiger partial charge on any atom is 0.337 e. The van der Waals surface area contributed by atoms with Gasteiger partial charge in [-0.25, -0.2) is 9.52 Å². The van der Waals surface area contributed by atoms with Crippen LogP contribution in [-0.2, 0) is 16.1 Å². The first-order chi connectivity index (χ1) is 11.5. The third-order valence-electron chi connectivity index (χ3n) is 3.53. The van der Waals surface area contributed by atoms with Gasteiger partial charge in [0.05, 0.1) is 28.1 Å². The zero-order chi connectivity index (χ0) is 17.3. The molecule has 1 atom stereocenters. The lowest BCUT2D eigenvalue weighted by molar-refractivity contribution is 0.0601. The van der Waals surface area contributed by atoms with Crippen LogP contribution in [-0.4, -0.2) is 17.6 Å². The Morgan fingerprint density at radius 2 is 2.04 bits per heavy atom. The molecule has 0 radical (unpaired) electrons. The van der Waals surface area contributed by atoms with Crippen molar-refractivity contribution in [2.75, 3.05) is 11.8 Å². The smallest absolute Gasteiger partial charge is 0.337 e. The highest BCUT2D eigenvalue weighted by Gasteiger charge is 2.22. The Hall–Kier alpha value is -1.73. The molecule has 0 bridgehead atoms. The van der Waals surface area contributed by atoms with Crippen molar-refractivity contribution in [1.82, 2.24) is 0 Å². The van der Waals surface area contributed by atoms with Gasteiger partial charge in [-0.1, -0.05) is 41.1 Å². The van der Waals surface area contributed by atoms with Crippen LogP contribution in [0.25, 0.3) is 10.1 Å². The average Bonchev–Trinajstić information content (AvgIpc) is 2.93. The minimum atomic E-state index is -1.45. The van der Waals surface area contributed by atoms with Crippen LogP contribution in [0.1, 0.15) is 15.9 Å². The zero-order valence-corrected chi connectivity index (χ0v) is 15.3. The maximum atomic E-state index is 12.7. The number of esters is 1. The molecule has 0 aliphatic rings. The number of ether oxygens (including phenoxy) is 1. The number of methoxy groups -OCH3 is 1. The van der Waals surface area contributed by atoms with E-state index in [1.165, 1.54) is 18.4 Å². The molecule has 0 fully saturated rings. The number of nitrogens with one attached hydrogen (secondary N) is 1. The van der Waals surface area contributed by atoms with Crippen molar-refractivity contribution in [2.45, 2.75) is 11.1 Å². The molecule has 3 rings (SSSR count). The van der Waals surface area contributed by atoms with Crippen molar-refractivity contribution in [3.8, 4) is 0 Å². The molecule has 1 N–H and O–H groups in total. The first-order valence-electron chi connectivity index (χ1n) is 7.05. The average molecular weight is 380 g/mol. The van der Waals surface area contributed by atoms with Gasteiger partial charge in [-0.2, -0.15) is 0 Å². The van der Waals surface area contributed by atoms with Gasteiger partial charge in [0.15, 0.2) is 0 Å². The van der Waals surface area contributed by atoms with E-state index in [4.69, 9.17) is 16.3 Å². The highest BCUT2D eigenvalue weighted by Crippen LogP contribution is 2.38. The molecule has 0 amide bonds. The van der Waals surface area contributed by atoms with Crippen LogP contribution < -0.4 is 4.72 Å². The summed E-state index contributed by atoms with van der Waals surface area (Å²) in [5.41, 5.74) is 1.92. The molecule has 1 aromatic heterocycles. The van der Waals surface area contributed by atoms with E-state index in [2.05, 4.69) is 4.72 Å². The Labute approximate surface area is 151 Å². The van der Waals surface area contributed by atoms with Crippen LogP contribution in [0.2, 0.25) is 5.02 Å². The normalized spacial score (nSPS) is 12.2. The molecular formula is C17H14ClNO3S2. The fraction of sp³-hybridized carbons (Fsp3) is 0.118. The Balaban J connectivity index is 1.90. The van der Waals surface area contributed by atoms with Gasteiger partial charge in [0.1, 0.15) is 11.4 Å². The SMILES string of the molecule is COC(=O)c1cccc(N[S+]([O-])c2sc3c(Cl)cccc3c2C)c1. The summed E-state index contributed by atoms with van der Waals surface area (Å²) < 4.78 is 22.0.